The summed E-state index contributed by atoms with van der Waals surface area (Å²) in [6.07, 6.45) is 0.246. The topological polar surface area (TPSA) is 49.4 Å². The van der Waals surface area contributed by atoms with Gasteiger partial charge in [-0.1, -0.05) is 0 Å². The van der Waals surface area contributed by atoms with Gasteiger partial charge in [0.05, 0.1) is 5.69 Å². The van der Waals surface area contributed by atoms with Crippen LogP contribution in [0.15, 0.2) is 22.7 Å². The van der Waals surface area contributed by atoms with Gasteiger partial charge in [-0.3, -0.25) is 15.0 Å². The van der Waals surface area contributed by atoms with Gasteiger partial charge in [0.1, 0.15) is 5.82 Å². The molecule has 1 aliphatic heterocycles. The van der Waals surface area contributed by atoms with Crippen molar-refractivity contribution in [2.24, 2.45) is 0 Å². The van der Waals surface area contributed by atoms with Gasteiger partial charge in [0.2, 0.25) is 5.91 Å². The van der Waals surface area contributed by atoms with Crippen LogP contribution < -0.4 is 10.2 Å². The van der Waals surface area contributed by atoms with Crippen molar-refractivity contribution in [3.63, 3.8) is 0 Å². The minimum absolute atomic E-state index is 0.246. The van der Waals surface area contributed by atoms with E-state index in [1.165, 1.54) is 23.1 Å². The van der Waals surface area contributed by atoms with E-state index in [0.717, 1.165) is 0 Å². The van der Waals surface area contributed by atoms with Gasteiger partial charge < -0.3 is 0 Å². The normalized spacial score (nSPS) is 16.2. The van der Waals surface area contributed by atoms with Crippen LogP contribution in [0, 0.1) is 5.82 Å². The largest absolute Gasteiger partial charge is 0.328 e. The number of imide groups is 1. The van der Waals surface area contributed by atoms with Gasteiger partial charge in [0, 0.05) is 17.4 Å². The number of hydrogen-bond acceptors (Lipinski definition) is 2. The number of rotatable bonds is 1. The summed E-state index contributed by atoms with van der Waals surface area (Å²) < 4.78 is 13.4. The molecule has 0 radical (unpaired) electrons. The Kier molecular flexibility index (Phi) is 2.91. The van der Waals surface area contributed by atoms with Gasteiger partial charge >= 0.3 is 6.03 Å². The molecule has 0 unspecified atom stereocenters. The molecule has 1 aromatic carbocycles. The molecule has 1 heterocycles. The van der Waals surface area contributed by atoms with Crippen LogP contribution in [-0.4, -0.2) is 18.5 Å². The van der Waals surface area contributed by atoms with Crippen molar-refractivity contribution in [3.8, 4) is 0 Å². The minimum atomic E-state index is -0.483. The third-order valence-electron chi connectivity index (χ3n) is 2.25. The van der Waals surface area contributed by atoms with Crippen LogP contribution in [0.25, 0.3) is 0 Å². The van der Waals surface area contributed by atoms with Crippen molar-refractivity contribution in [2.75, 3.05) is 11.4 Å². The average Bonchev–Trinajstić information content (AvgIpc) is 2.19. The zero-order chi connectivity index (χ0) is 11.7. The molecule has 1 aliphatic rings. The Bertz CT molecular complexity index is 464. The maximum absolute atomic E-state index is 12.9. The van der Waals surface area contributed by atoms with E-state index in [1.54, 1.807) is 0 Å². The molecule has 6 heteroatoms. The van der Waals surface area contributed by atoms with Crippen molar-refractivity contribution in [1.82, 2.24) is 5.32 Å². The van der Waals surface area contributed by atoms with Gasteiger partial charge in [-0.15, -0.1) is 0 Å². The third kappa shape index (κ3) is 2.06. The first-order valence-corrected chi connectivity index (χ1v) is 5.43. The third-order valence-corrected chi connectivity index (χ3v) is 2.89. The number of benzene rings is 1. The van der Waals surface area contributed by atoms with Gasteiger partial charge in [-0.2, -0.15) is 0 Å². The molecule has 0 spiro atoms. The van der Waals surface area contributed by atoms with E-state index >= 15 is 0 Å². The van der Waals surface area contributed by atoms with Crippen LogP contribution >= 0.6 is 15.9 Å². The Balaban J connectivity index is 2.30. The van der Waals surface area contributed by atoms with E-state index < -0.39 is 6.03 Å². The van der Waals surface area contributed by atoms with Crippen molar-refractivity contribution in [3.05, 3.63) is 28.5 Å². The summed E-state index contributed by atoms with van der Waals surface area (Å²) in [6, 6.07) is 3.56. The second-order valence-corrected chi connectivity index (χ2v) is 4.21. The fraction of sp³-hybridized carbons (Fsp3) is 0.200. The van der Waals surface area contributed by atoms with Crippen LogP contribution in [0.5, 0.6) is 0 Å². The Morgan fingerprint density at radius 2 is 2.12 bits per heavy atom. The summed E-state index contributed by atoms with van der Waals surface area (Å²) in [6.45, 7) is 0.300. The molecule has 4 nitrogen and oxygen atoms in total. The Morgan fingerprint density at radius 3 is 2.75 bits per heavy atom. The number of nitrogens with one attached hydrogen (secondary N) is 1. The molecule has 0 saturated carbocycles. The van der Waals surface area contributed by atoms with E-state index in [0.29, 0.717) is 16.7 Å². The number of urea groups is 1. The predicted molar refractivity (Wildman–Crippen MR) is 59.6 cm³/mol. The van der Waals surface area contributed by atoms with E-state index in [-0.39, 0.29) is 18.1 Å². The fourth-order valence-electron chi connectivity index (χ4n) is 1.49. The lowest BCUT2D eigenvalue weighted by atomic mass is 10.2. The van der Waals surface area contributed by atoms with Crippen LogP contribution in [-0.2, 0) is 4.79 Å². The monoisotopic (exact) mass is 286 g/mol. The number of halogens is 2. The number of hydrogen-bond donors (Lipinski definition) is 1. The summed E-state index contributed by atoms with van der Waals surface area (Å²) >= 11 is 3.18. The van der Waals surface area contributed by atoms with Crippen molar-refractivity contribution in [1.29, 1.82) is 0 Å². The lowest BCUT2D eigenvalue weighted by molar-refractivity contribution is -0.120. The minimum Gasteiger partial charge on any atom is -0.292 e. The van der Waals surface area contributed by atoms with Crippen LogP contribution in [0.2, 0.25) is 0 Å². The van der Waals surface area contributed by atoms with Gasteiger partial charge in [-0.05, 0) is 34.1 Å². The molecule has 3 amide bonds. The first kappa shape index (κ1) is 11.1. The highest BCUT2D eigenvalue weighted by molar-refractivity contribution is 9.10. The highest BCUT2D eigenvalue weighted by Gasteiger charge is 2.25. The summed E-state index contributed by atoms with van der Waals surface area (Å²) in [4.78, 5) is 23.9. The molecule has 1 saturated heterocycles. The molecule has 1 aromatic rings. The van der Waals surface area contributed by atoms with Crippen LogP contribution in [0.3, 0.4) is 0 Å². The molecule has 1 N–H and O–H groups in total. The summed E-state index contributed by atoms with van der Waals surface area (Å²) in [7, 11) is 0. The first-order chi connectivity index (χ1) is 7.58. The number of carbonyl (C=O) groups is 2. The number of anilines is 1. The smallest absolute Gasteiger partial charge is 0.292 e. The number of amides is 3. The lowest BCUT2D eigenvalue weighted by Gasteiger charge is -2.27. The molecule has 0 atom stereocenters. The average molecular weight is 287 g/mol. The molecule has 2 rings (SSSR count). The van der Waals surface area contributed by atoms with Gasteiger partial charge in [0.25, 0.3) is 0 Å². The second-order valence-electron chi connectivity index (χ2n) is 3.35. The van der Waals surface area contributed by atoms with Gasteiger partial charge in [-0.25, -0.2) is 9.18 Å². The Hall–Kier alpha value is -1.43. The highest BCUT2D eigenvalue weighted by atomic mass is 79.9. The van der Waals surface area contributed by atoms with E-state index in [2.05, 4.69) is 21.2 Å². The molecule has 0 aliphatic carbocycles. The van der Waals surface area contributed by atoms with Crippen LogP contribution in [0.4, 0.5) is 14.9 Å². The van der Waals surface area contributed by atoms with E-state index in [9.17, 15) is 14.0 Å². The standard InChI is InChI=1S/C10H8BrFN2O2/c11-7-5-6(12)1-2-8(7)14-4-3-9(15)13-10(14)16/h1-2,5H,3-4H2,(H,13,15,16). The molecule has 0 aromatic heterocycles. The summed E-state index contributed by atoms with van der Waals surface area (Å²) in [5.74, 6) is -0.677. The first-order valence-electron chi connectivity index (χ1n) is 4.64. The van der Waals surface area contributed by atoms with E-state index in [4.69, 9.17) is 0 Å². The predicted octanol–water partition coefficient (Wildman–Crippen LogP) is 2.03. The fourth-order valence-corrected chi connectivity index (χ4v) is 2.06. The molecular formula is C10H8BrFN2O2. The maximum Gasteiger partial charge on any atom is 0.328 e. The second kappa shape index (κ2) is 4.21. The van der Waals surface area contributed by atoms with Crippen LogP contribution in [0.1, 0.15) is 6.42 Å². The quantitative estimate of drug-likeness (QED) is 0.859. The van der Waals surface area contributed by atoms with Crippen molar-refractivity contribution in [2.45, 2.75) is 6.42 Å². The zero-order valence-electron chi connectivity index (χ0n) is 8.17. The van der Waals surface area contributed by atoms with Crippen molar-refractivity contribution >= 4 is 33.6 Å². The number of carbonyl (C=O) groups excluding carboxylic acids is 2. The number of nitrogens with zero attached hydrogens (tertiary/aromatic N) is 1. The van der Waals surface area contributed by atoms with E-state index in [1.807, 2.05) is 0 Å². The SMILES string of the molecule is O=C1CCN(c2ccc(F)cc2Br)C(=O)N1. The zero-order valence-corrected chi connectivity index (χ0v) is 9.75. The lowest BCUT2D eigenvalue weighted by Crippen LogP contribution is -2.49. The Labute approximate surface area is 99.6 Å². The Morgan fingerprint density at radius 1 is 1.38 bits per heavy atom. The molecular weight excluding hydrogens is 279 g/mol. The van der Waals surface area contributed by atoms with Gasteiger partial charge in [0.15, 0.2) is 0 Å². The molecule has 16 heavy (non-hydrogen) atoms. The molecule has 84 valence electrons. The molecule has 0 bridgehead atoms. The summed E-state index contributed by atoms with van der Waals surface area (Å²) in [5, 5.41) is 2.20. The summed E-state index contributed by atoms with van der Waals surface area (Å²) in [5.41, 5.74) is 0.548. The highest BCUT2D eigenvalue weighted by Crippen LogP contribution is 2.28. The maximum atomic E-state index is 12.9. The van der Waals surface area contributed by atoms with Crippen molar-refractivity contribution < 1.29 is 14.0 Å². The molecule has 1 fully saturated rings.